The molecule has 3 heteroatoms. The van der Waals surface area contributed by atoms with Crippen molar-refractivity contribution in [2.45, 2.75) is 19.8 Å². The second-order valence-electron chi connectivity index (χ2n) is 3.60. The highest BCUT2D eigenvalue weighted by atomic mass is 16.5. The molecule has 74 valence electrons. The number of rotatable bonds is 2. The molecule has 2 aromatic heterocycles. The first kappa shape index (κ1) is 9.06. The summed E-state index contributed by atoms with van der Waals surface area (Å²) in [5.74, 6) is 2.36. The molecule has 0 unspecified atom stereocenters. The Kier molecular flexibility index (Phi) is 2.15. The molecule has 0 atom stereocenters. The Labute approximate surface area is 83.3 Å². The van der Waals surface area contributed by atoms with Crippen molar-refractivity contribution in [2.24, 2.45) is 0 Å². The van der Waals surface area contributed by atoms with E-state index in [2.05, 4.69) is 23.2 Å². The molecular formula is C11H14N2O. The quantitative estimate of drug-likeness (QED) is 0.727. The van der Waals surface area contributed by atoms with Gasteiger partial charge < -0.3 is 9.14 Å². The summed E-state index contributed by atoms with van der Waals surface area (Å²) >= 11 is 0. The van der Waals surface area contributed by atoms with Crippen LogP contribution in [0.3, 0.4) is 0 Å². The van der Waals surface area contributed by atoms with Gasteiger partial charge in [-0.3, -0.25) is 0 Å². The Balaban J connectivity index is 2.69. The molecule has 2 rings (SSSR count). The minimum atomic E-state index is 0.421. The summed E-state index contributed by atoms with van der Waals surface area (Å²) in [4.78, 5) is 4.39. The maximum atomic E-state index is 5.26. The molecule has 0 aliphatic carbocycles. The van der Waals surface area contributed by atoms with Crippen LogP contribution in [0.1, 0.15) is 25.6 Å². The zero-order valence-corrected chi connectivity index (χ0v) is 8.69. The SMILES string of the molecule is COc1cccn2c(C(C)C)ncc12. The number of aromatic nitrogens is 2. The number of pyridine rings is 1. The van der Waals surface area contributed by atoms with E-state index in [1.54, 1.807) is 7.11 Å². The molecule has 0 saturated carbocycles. The molecule has 0 saturated heterocycles. The lowest BCUT2D eigenvalue weighted by Crippen LogP contribution is -1.97. The first-order chi connectivity index (χ1) is 6.74. The number of hydrogen-bond donors (Lipinski definition) is 0. The van der Waals surface area contributed by atoms with Gasteiger partial charge in [-0.25, -0.2) is 4.98 Å². The number of methoxy groups -OCH3 is 1. The molecule has 0 aliphatic rings. The van der Waals surface area contributed by atoms with Crippen molar-refractivity contribution in [3.8, 4) is 5.75 Å². The Hall–Kier alpha value is -1.51. The van der Waals surface area contributed by atoms with Crippen LogP contribution in [-0.2, 0) is 0 Å². The molecule has 0 fully saturated rings. The van der Waals surface area contributed by atoms with E-state index in [1.807, 2.05) is 24.5 Å². The van der Waals surface area contributed by atoms with Crippen LogP contribution in [0.5, 0.6) is 5.75 Å². The Bertz CT molecular complexity index is 445. The largest absolute Gasteiger partial charge is 0.494 e. The van der Waals surface area contributed by atoms with Crippen LogP contribution in [0.15, 0.2) is 24.5 Å². The van der Waals surface area contributed by atoms with Crippen LogP contribution in [0.2, 0.25) is 0 Å². The minimum Gasteiger partial charge on any atom is -0.494 e. The number of ether oxygens (including phenoxy) is 1. The molecule has 2 aromatic rings. The van der Waals surface area contributed by atoms with E-state index >= 15 is 0 Å². The second kappa shape index (κ2) is 3.33. The van der Waals surface area contributed by atoms with Gasteiger partial charge in [0, 0.05) is 12.1 Å². The topological polar surface area (TPSA) is 26.5 Å². The van der Waals surface area contributed by atoms with E-state index in [1.165, 1.54) is 0 Å². The molecule has 0 aromatic carbocycles. The van der Waals surface area contributed by atoms with Crippen LogP contribution in [0, 0.1) is 0 Å². The number of imidazole rings is 1. The van der Waals surface area contributed by atoms with Gasteiger partial charge in [-0.2, -0.15) is 0 Å². The summed E-state index contributed by atoms with van der Waals surface area (Å²) in [6.45, 7) is 4.27. The summed E-state index contributed by atoms with van der Waals surface area (Å²) in [6, 6.07) is 3.92. The average Bonchev–Trinajstić information content (AvgIpc) is 2.60. The van der Waals surface area contributed by atoms with Gasteiger partial charge >= 0.3 is 0 Å². The van der Waals surface area contributed by atoms with Gasteiger partial charge in [-0.1, -0.05) is 13.8 Å². The van der Waals surface area contributed by atoms with E-state index in [0.717, 1.165) is 17.1 Å². The average molecular weight is 190 g/mol. The van der Waals surface area contributed by atoms with Crippen molar-refractivity contribution in [1.82, 2.24) is 9.38 Å². The van der Waals surface area contributed by atoms with Gasteiger partial charge in [0.05, 0.1) is 13.3 Å². The Morgan fingerprint density at radius 3 is 2.86 bits per heavy atom. The molecule has 0 aliphatic heterocycles. The molecule has 2 heterocycles. The molecule has 0 spiro atoms. The van der Waals surface area contributed by atoms with Crippen molar-refractivity contribution in [3.05, 3.63) is 30.4 Å². The highest BCUT2D eigenvalue weighted by Gasteiger charge is 2.09. The van der Waals surface area contributed by atoms with Crippen LogP contribution >= 0.6 is 0 Å². The van der Waals surface area contributed by atoms with Gasteiger partial charge in [0.25, 0.3) is 0 Å². The van der Waals surface area contributed by atoms with Gasteiger partial charge in [0.15, 0.2) is 0 Å². The van der Waals surface area contributed by atoms with Crippen molar-refractivity contribution in [1.29, 1.82) is 0 Å². The first-order valence-corrected chi connectivity index (χ1v) is 4.74. The summed E-state index contributed by atoms with van der Waals surface area (Å²) in [5.41, 5.74) is 1.03. The lowest BCUT2D eigenvalue weighted by molar-refractivity contribution is 0.418. The highest BCUT2D eigenvalue weighted by Crippen LogP contribution is 2.22. The third kappa shape index (κ3) is 1.25. The van der Waals surface area contributed by atoms with Crippen LogP contribution < -0.4 is 4.74 Å². The number of hydrogen-bond acceptors (Lipinski definition) is 2. The second-order valence-corrected chi connectivity index (χ2v) is 3.60. The van der Waals surface area contributed by atoms with E-state index in [-0.39, 0.29) is 0 Å². The maximum absolute atomic E-state index is 5.26. The predicted molar refractivity (Wildman–Crippen MR) is 55.8 cm³/mol. The molecule has 14 heavy (non-hydrogen) atoms. The molecule has 0 N–H and O–H groups in total. The monoisotopic (exact) mass is 190 g/mol. The van der Waals surface area contributed by atoms with Crippen LogP contribution in [-0.4, -0.2) is 16.5 Å². The smallest absolute Gasteiger partial charge is 0.144 e. The van der Waals surface area contributed by atoms with E-state index in [9.17, 15) is 0 Å². The fraction of sp³-hybridized carbons (Fsp3) is 0.364. The predicted octanol–water partition coefficient (Wildman–Crippen LogP) is 2.47. The zero-order chi connectivity index (χ0) is 10.1. The van der Waals surface area contributed by atoms with Gasteiger partial charge in [-0.15, -0.1) is 0 Å². The fourth-order valence-corrected chi connectivity index (χ4v) is 1.62. The number of nitrogens with zero attached hydrogens (tertiary/aromatic N) is 2. The number of fused-ring (bicyclic) bond motifs is 1. The summed E-state index contributed by atoms with van der Waals surface area (Å²) in [6.07, 6.45) is 3.87. The fourth-order valence-electron chi connectivity index (χ4n) is 1.62. The van der Waals surface area contributed by atoms with Crippen molar-refractivity contribution < 1.29 is 4.74 Å². The van der Waals surface area contributed by atoms with Gasteiger partial charge in [-0.05, 0) is 12.1 Å². The van der Waals surface area contributed by atoms with Crippen LogP contribution in [0.25, 0.3) is 5.52 Å². The third-order valence-corrected chi connectivity index (χ3v) is 2.30. The van der Waals surface area contributed by atoms with Crippen molar-refractivity contribution in [3.63, 3.8) is 0 Å². The van der Waals surface area contributed by atoms with Crippen molar-refractivity contribution in [2.75, 3.05) is 7.11 Å². The zero-order valence-electron chi connectivity index (χ0n) is 8.69. The standard InChI is InChI=1S/C11H14N2O/c1-8(2)11-12-7-9-10(14-3)5-4-6-13(9)11/h4-8H,1-3H3. The molecule has 0 bridgehead atoms. The van der Waals surface area contributed by atoms with E-state index < -0.39 is 0 Å². The Morgan fingerprint density at radius 2 is 2.21 bits per heavy atom. The lowest BCUT2D eigenvalue weighted by atomic mass is 10.2. The lowest BCUT2D eigenvalue weighted by Gasteiger charge is -2.06. The minimum absolute atomic E-state index is 0.421. The summed E-state index contributed by atoms with van der Waals surface area (Å²) in [7, 11) is 1.68. The summed E-state index contributed by atoms with van der Waals surface area (Å²) in [5, 5.41) is 0. The molecule has 0 amide bonds. The molecule has 3 nitrogen and oxygen atoms in total. The van der Waals surface area contributed by atoms with Crippen molar-refractivity contribution >= 4 is 5.52 Å². The van der Waals surface area contributed by atoms with E-state index in [4.69, 9.17) is 4.74 Å². The van der Waals surface area contributed by atoms with Crippen LogP contribution in [0.4, 0.5) is 0 Å². The maximum Gasteiger partial charge on any atom is 0.144 e. The van der Waals surface area contributed by atoms with Gasteiger partial charge in [0.1, 0.15) is 17.1 Å². The Morgan fingerprint density at radius 1 is 1.43 bits per heavy atom. The normalized spacial score (nSPS) is 11.1. The molecule has 0 radical (unpaired) electrons. The third-order valence-electron chi connectivity index (χ3n) is 2.30. The van der Waals surface area contributed by atoms with Gasteiger partial charge in [0.2, 0.25) is 0 Å². The molecular weight excluding hydrogens is 176 g/mol. The summed E-state index contributed by atoms with van der Waals surface area (Å²) < 4.78 is 7.33. The first-order valence-electron chi connectivity index (χ1n) is 4.74. The van der Waals surface area contributed by atoms with E-state index in [0.29, 0.717) is 5.92 Å². The highest BCUT2D eigenvalue weighted by molar-refractivity contribution is 5.59.